The van der Waals surface area contributed by atoms with E-state index in [0.29, 0.717) is 11.7 Å². The summed E-state index contributed by atoms with van der Waals surface area (Å²) in [5.74, 6) is 0.928. The number of hydrogen-bond acceptors (Lipinski definition) is 3. The van der Waals surface area contributed by atoms with Crippen molar-refractivity contribution in [2.24, 2.45) is 7.05 Å². The smallest absolute Gasteiger partial charge is 0.293 e. The first-order chi connectivity index (χ1) is 8.75. The second-order valence-electron chi connectivity index (χ2n) is 4.67. The summed E-state index contributed by atoms with van der Waals surface area (Å²) in [5, 5.41) is 3.15. The third-order valence-electron chi connectivity index (χ3n) is 3.49. The topological polar surface area (TPSA) is 46.9 Å². The molecular weight excluding hydrogens is 226 g/mol. The standard InChI is InChI=1S/C14H15N3O/c1-17-7-6-15-13(14(17)18)16-9-11-8-10-4-2-3-5-12(10)11/h2-7,11H,8-9H2,1H3,(H,15,16). The van der Waals surface area contributed by atoms with E-state index in [4.69, 9.17) is 0 Å². The number of anilines is 1. The lowest BCUT2D eigenvalue weighted by atomic mass is 9.78. The van der Waals surface area contributed by atoms with Gasteiger partial charge in [-0.15, -0.1) is 0 Å². The Labute approximate surface area is 105 Å². The van der Waals surface area contributed by atoms with Crippen LogP contribution in [-0.2, 0) is 13.5 Å². The highest BCUT2D eigenvalue weighted by atomic mass is 16.1. The average molecular weight is 241 g/mol. The minimum atomic E-state index is -0.0786. The number of rotatable bonds is 3. The monoisotopic (exact) mass is 241 g/mol. The molecule has 4 heteroatoms. The van der Waals surface area contributed by atoms with Crippen molar-refractivity contribution in [3.63, 3.8) is 0 Å². The first-order valence-electron chi connectivity index (χ1n) is 6.09. The van der Waals surface area contributed by atoms with Crippen LogP contribution in [-0.4, -0.2) is 16.1 Å². The molecule has 1 atom stereocenters. The van der Waals surface area contributed by atoms with E-state index < -0.39 is 0 Å². The van der Waals surface area contributed by atoms with Gasteiger partial charge in [0.1, 0.15) is 0 Å². The number of aromatic nitrogens is 2. The van der Waals surface area contributed by atoms with Crippen LogP contribution in [0.1, 0.15) is 17.0 Å². The van der Waals surface area contributed by atoms with Crippen LogP contribution < -0.4 is 10.9 Å². The Morgan fingerprint density at radius 3 is 3.11 bits per heavy atom. The van der Waals surface area contributed by atoms with Gasteiger partial charge < -0.3 is 9.88 Å². The van der Waals surface area contributed by atoms with Crippen LogP contribution in [0.15, 0.2) is 41.5 Å². The van der Waals surface area contributed by atoms with E-state index >= 15 is 0 Å². The maximum absolute atomic E-state index is 11.8. The highest BCUT2D eigenvalue weighted by Gasteiger charge is 2.25. The Morgan fingerprint density at radius 1 is 1.44 bits per heavy atom. The zero-order valence-corrected chi connectivity index (χ0v) is 10.3. The second-order valence-corrected chi connectivity index (χ2v) is 4.67. The summed E-state index contributed by atoms with van der Waals surface area (Å²) in [6, 6.07) is 8.44. The third kappa shape index (κ3) is 1.79. The summed E-state index contributed by atoms with van der Waals surface area (Å²) in [6.45, 7) is 0.767. The van der Waals surface area contributed by atoms with Gasteiger partial charge >= 0.3 is 0 Å². The molecule has 0 radical (unpaired) electrons. The lowest BCUT2D eigenvalue weighted by molar-refractivity contribution is 0.633. The fraction of sp³-hybridized carbons (Fsp3) is 0.286. The van der Waals surface area contributed by atoms with E-state index in [2.05, 4.69) is 34.6 Å². The van der Waals surface area contributed by atoms with Gasteiger partial charge in [0.05, 0.1) is 0 Å². The molecule has 0 bridgehead atoms. The van der Waals surface area contributed by atoms with Crippen LogP contribution in [0.5, 0.6) is 0 Å². The van der Waals surface area contributed by atoms with Gasteiger partial charge in [0.2, 0.25) is 0 Å². The quantitative estimate of drug-likeness (QED) is 0.886. The van der Waals surface area contributed by atoms with Gasteiger partial charge in [-0.2, -0.15) is 0 Å². The molecule has 4 nitrogen and oxygen atoms in total. The third-order valence-corrected chi connectivity index (χ3v) is 3.49. The predicted octanol–water partition coefficient (Wildman–Crippen LogP) is 1.53. The van der Waals surface area contributed by atoms with Crippen LogP contribution in [0.3, 0.4) is 0 Å². The Balaban J connectivity index is 1.70. The second kappa shape index (κ2) is 4.29. The van der Waals surface area contributed by atoms with Gasteiger partial charge in [0.15, 0.2) is 5.82 Å². The molecule has 1 aromatic carbocycles. The van der Waals surface area contributed by atoms with Crippen molar-refractivity contribution in [3.8, 4) is 0 Å². The van der Waals surface area contributed by atoms with Gasteiger partial charge in [-0.3, -0.25) is 4.79 Å². The van der Waals surface area contributed by atoms with Crippen LogP contribution in [0.4, 0.5) is 5.82 Å². The van der Waals surface area contributed by atoms with Crippen molar-refractivity contribution in [2.75, 3.05) is 11.9 Å². The zero-order chi connectivity index (χ0) is 12.5. The molecule has 3 rings (SSSR count). The van der Waals surface area contributed by atoms with Crippen molar-refractivity contribution in [2.45, 2.75) is 12.3 Å². The molecule has 1 aliphatic carbocycles. The molecule has 92 valence electrons. The summed E-state index contributed by atoms with van der Waals surface area (Å²) >= 11 is 0. The van der Waals surface area contributed by atoms with Gasteiger partial charge in [-0.1, -0.05) is 24.3 Å². The van der Waals surface area contributed by atoms with E-state index in [0.717, 1.165) is 13.0 Å². The number of nitrogens with one attached hydrogen (secondary N) is 1. The molecular formula is C14H15N3O. The number of hydrogen-bond donors (Lipinski definition) is 1. The Kier molecular flexibility index (Phi) is 2.63. The Morgan fingerprint density at radius 2 is 2.28 bits per heavy atom. The fourth-order valence-corrected chi connectivity index (χ4v) is 2.38. The zero-order valence-electron chi connectivity index (χ0n) is 10.3. The predicted molar refractivity (Wildman–Crippen MR) is 70.9 cm³/mol. The number of fused-ring (bicyclic) bond motifs is 1. The van der Waals surface area contributed by atoms with E-state index in [1.165, 1.54) is 15.7 Å². The lowest BCUT2D eigenvalue weighted by Gasteiger charge is -2.30. The molecule has 1 unspecified atom stereocenters. The molecule has 0 aliphatic heterocycles. The van der Waals surface area contributed by atoms with E-state index in [1.54, 1.807) is 19.4 Å². The van der Waals surface area contributed by atoms with Crippen molar-refractivity contribution < 1.29 is 0 Å². The van der Waals surface area contributed by atoms with Crippen LogP contribution in [0.25, 0.3) is 0 Å². The van der Waals surface area contributed by atoms with Gasteiger partial charge in [-0.05, 0) is 17.5 Å². The van der Waals surface area contributed by atoms with Crippen molar-refractivity contribution in [3.05, 3.63) is 58.1 Å². The molecule has 1 N–H and O–H groups in total. The van der Waals surface area contributed by atoms with Gasteiger partial charge in [0.25, 0.3) is 5.56 Å². The van der Waals surface area contributed by atoms with E-state index in [-0.39, 0.29) is 5.56 Å². The van der Waals surface area contributed by atoms with E-state index in [9.17, 15) is 4.79 Å². The number of benzene rings is 1. The summed E-state index contributed by atoms with van der Waals surface area (Å²) in [7, 11) is 1.73. The maximum Gasteiger partial charge on any atom is 0.293 e. The molecule has 18 heavy (non-hydrogen) atoms. The first kappa shape index (κ1) is 11.0. The molecule has 0 saturated carbocycles. The fourth-order valence-electron chi connectivity index (χ4n) is 2.38. The van der Waals surface area contributed by atoms with Crippen LogP contribution in [0, 0.1) is 0 Å². The maximum atomic E-state index is 11.8. The highest BCUT2D eigenvalue weighted by Crippen LogP contribution is 2.34. The van der Waals surface area contributed by atoms with Gasteiger partial charge in [-0.25, -0.2) is 4.98 Å². The average Bonchev–Trinajstić information content (AvgIpc) is 2.35. The Hall–Kier alpha value is -2.10. The molecule has 1 heterocycles. The van der Waals surface area contributed by atoms with Crippen molar-refractivity contribution >= 4 is 5.82 Å². The summed E-state index contributed by atoms with van der Waals surface area (Å²) in [5.41, 5.74) is 2.72. The van der Waals surface area contributed by atoms with Crippen LogP contribution in [0.2, 0.25) is 0 Å². The minimum Gasteiger partial charge on any atom is -0.365 e. The summed E-state index contributed by atoms with van der Waals surface area (Å²) in [6.07, 6.45) is 4.38. The molecule has 0 spiro atoms. The normalized spacial score (nSPS) is 16.8. The highest BCUT2D eigenvalue weighted by molar-refractivity contribution is 5.42. The van der Waals surface area contributed by atoms with E-state index in [1.807, 2.05) is 0 Å². The van der Waals surface area contributed by atoms with Crippen LogP contribution >= 0.6 is 0 Å². The number of aryl methyl sites for hydroxylation is 1. The molecule has 0 saturated heterocycles. The Bertz CT molecular complexity index is 633. The minimum absolute atomic E-state index is 0.0786. The first-order valence-corrected chi connectivity index (χ1v) is 6.09. The largest absolute Gasteiger partial charge is 0.365 e. The molecule has 0 fully saturated rings. The molecule has 0 amide bonds. The molecule has 1 aromatic heterocycles. The van der Waals surface area contributed by atoms with Crippen molar-refractivity contribution in [1.29, 1.82) is 0 Å². The molecule has 2 aromatic rings. The SMILES string of the molecule is Cn1ccnc(NCC2Cc3ccccc32)c1=O. The van der Waals surface area contributed by atoms with Crippen molar-refractivity contribution in [1.82, 2.24) is 9.55 Å². The molecule has 1 aliphatic rings. The lowest BCUT2D eigenvalue weighted by Crippen LogP contribution is -2.28. The van der Waals surface area contributed by atoms with Gasteiger partial charge in [0, 0.05) is 31.9 Å². The summed E-state index contributed by atoms with van der Waals surface area (Å²) in [4.78, 5) is 15.9. The number of nitrogens with zero attached hydrogens (tertiary/aromatic N) is 2. The summed E-state index contributed by atoms with van der Waals surface area (Å²) < 4.78 is 1.53.